The molecule has 16 heavy (non-hydrogen) atoms. The Hall–Kier alpha value is -1.61. The molecule has 0 spiro atoms. The monoisotopic (exact) mass is 217 g/mol. The standard InChI is InChI=1S/C13H15NO2/c1-10(7-11-5-3-2-4-6-11)13(16)14-8-12(15)9-14/h2-7,12,15H,8-9H2,1H3/b10-7-. The van der Waals surface area contributed by atoms with Crippen LogP contribution in [0.25, 0.3) is 6.08 Å². The number of aliphatic hydroxyl groups excluding tert-OH is 1. The van der Waals surface area contributed by atoms with Gasteiger partial charge in [-0.25, -0.2) is 0 Å². The maximum absolute atomic E-state index is 11.8. The van der Waals surface area contributed by atoms with Crippen LogP contribution in [0, 0.1) is 0 Å². The number of benzene rings is 1. The maximum Gasteiger partial charge on any atom is 0.249 e. The normalized spacial score (nSPS) is 17.1. The molecule has 1 amide bonds. The number of hydrogen-bond donors (Lipinski definition) is 1. The summed E-state index contributed by atoms with van der Waals surface area (Å²) in [5, 5.41) is 9.13. The molecule has 1 fully saturated rings. The van der Waals surface area contributed by atoms with Gasteiger partial charge in [0.2, 0.25) is 5.91 Å². The smallest absolute Gasteiger partial charge is 0.249 e. The van der Waals surface area contributed by atoms with E-state index in [1.165, 1.54) is 0 Å². The quantitative estimate of drug-likeness (QED) is 0.758. The average Bonchev–Trinajstić information content (AvgIpc) is 2.25. The molecule has 0 aromatic heterocycles. The summed E-state index contributed by atoms with van der Waals surface area (Å²) in [4.78, 5) is 13.5. The van der Waals surface area contributed by atoms with Crippen LogP contribution in [0.3, 0.4) is 0 Å². The van der Waals surface area contributed by atoms with Gasteiger partial charge in [0.1, 0.15) is 0 Å². The lowest BCUT2D eigenvalue weighted by Crippen LogP contribution is -2.53. The summed E-state index contributed by atoms with van der Waals surface area (Å²) in [6, 6.07) is 9.75. The third-order valence-electron chi connectivity index (χ3n) is 2.67. The Morgan fingerprint density at radius 3 is 2.56 bits per heavy atom. The van der Waals surface area contributed by atoms with Crippen LogP contribution < -0.4 is 0 Å². The van der Waals surface area contributed by atoms with Gasteiger partial charge in [0.25, 0.3) is 0 Å². The van der Waals surface area contributed by atoms with E-state index >= 15 is 0 Å². The van der Waals surface area contributed by atoms with E-state index in [9.17, 15) is 4.79 Å². The molecular formula is C13H15NO2. The first-order valence-corrected chi connectivity index (χ1v) is 5.37. The highest BCUT2D eigenvalue weighted by Gasteiger charge is 2.29. The number of β-amino-alcohol motifs (C(OH)–C–C–N with tert-alkyl or cyclic N) is 1. The fraction of sp³-hybridized carbons (Fsp3) is 0.308. The van der Waals surface area contributed by atoms with Gasteiger partial charge in [-0.1, -0.05) is 30.3 Å². The molecule has 0 radical (unpaired) electrons. The summed E-state index contributed by atoms with van der Waals surface area (Å²) < 4.78 is 0. The van der Waals surface area contributed by atoms with E-state index in [0.717, 1.165) is 5.56 Å². The van der Waals surface area contributed by atoms with Gasteiger partial charge in [0.05, 0.1) is 6.10 Å². The SMILES string of the molecule is C/C(=C/c1ccccc1)C(=O)N1CC(O)C1. The number of carbonyl (C=O) groups is 1. The fourth-order valence-electron chi connectivity index (χ4n) is 1.73. The number of likely N-dealkylation sites (tertiary alicyclic amines) is 1. The third-order valence-corrected chi connectivity index (χ3v) is 2.67. The molecular weight excluding hydrogens is 202 g/mol. The Morgan fingerprint density at radius 1 is 1.38 bits per heavy atom. The molecule has 1 N–H and O–H groups in total. The van der Waals surface area contributed by atoms with Crippen LogP contribution in [0.15, 0.2) is 35.9 Å². The minimum Gasteiger partial charge on any atom is -0.389 e. The zero-order valence-corrected chi connectivity index (χ0v) is 9.26. The van der Waals surface area contributed by atoms with Crippen LogP contribution in [0.2, 0.25) is 0 Å². The molecule has 1 aromatic rings. The van der Waals surface area contributed by atoms with Crippen LogP contribution >= 0.6 is 0 Å². The van der Waals surface area contributed by atoms with Gasteiger partial charge in [-0.05, 0) is 18.6 Å². The van der Waals surface area contributed by atoms with Crippen LogP contribution in [0.4, 0.5) is 0 Å². The molecule has 0 bridgehead atoms. The van der Waals surface area contributed by atoms with E-state index in [4.69, 9.17) is 5.11 Å². The fourth-order valence-corrected chi connectivity index (χ4v) is 1.73. The second-order valence-corrected chi connectivity index (χ2v) is 4.10. The largest absolute Gasteiger partial charge is 0.389 e. The number of nitrogens with zero attached hydrogens (tertiary/aromatic N) is 1. The van der Waals surface area contributed by atoms with Crippen LogP contribution in [-0.4, -0.2) is 35.1 Å². The van der Waals surface area contributed by atoms with Gasteiger partial charge >= 0.3 is 0 Å². The molecule has 1 aliphatic rings. The Bertz CT molecular complexity index is 405. The molecule has 0 atom stereocenters. The van der Waals surface area contributed by atoms with E-state index in [1.54, 1.807) is 11.8 Å². The minimum absolute atomic E-state index is 0.00848. The van der Waals surface area contributed by atoms with Gasteiger partial charge in [0.15, 0.2) is 0 Å². The molecule has 1 saturated heterocycles. The predicted molar refractivity (Wildman–Crippen MR) is 62.7 cm³/mol. The van der Waals surface area contributed by atoms with E-state index < -0.39 is 0 Å². The Labute approximate surface area is 95.0 Å². The molecule has 3 nitrogen and oxygen atoms in total. The van der Waals surface area contributed by atoms with Crippen molar-refractivity contribution >= 4 is 12.0 Å². The number of hydrogen-bond acceptors (Lipinski definition) is 2. The zero-order valence-electron chi connectivity index (χ0n) is 9.26. The van der Waals surface area contributed by atoms with Gasteiger partial charge < -0.3 is 10.0 Å². The van der Waals surface area contributed by atoms with Crippen molar-refractivity contribution in [2.24, 2.45) is 0 Å². The van der Waals surface area contributed by atoms with E-state index in [-0.39, 0.29) is 12.0 Å². The summed E-state index contributed by atoms with van der Waals surface area (Å²) in [6.45, 7) is 2.72. The number of amides is 1. The lowest BCUT2D eigenvalue weighted by atomic mass is 10.1. The first-order chi connectivity index (χ1) is 7.66. The first kappa shape index (κ1) is 10.9. The van der Waals surface area contributed by atoms with Crippen molar-refractivity contribution in [3.63, 3.8) is 0 Å². The first-order valence-electron chi connectivity index (χ1n) is 5.37. The summed E-state index contributed by atoms with van der Waals surface area (Å²) in [7, 11) is 0. The molecule has 0 unspecified atom stereocenters. The molecule has 1 aliphatic heterocycles. The van der Waals surface area contributed by atoms with Crippen LogP contribution in [0.1, 0.15) is 12.5 Å². The van der Waals surface area contributed by atoms with Crippen molar-refractivity contribution in [2.75, 3.05) is 13.1 Å². The number of carbonyl (C=O) groups excluding carboxylic acids is 1. The van der Waals surface area contributed by atoms with Crippen LogP contribution in [-0.2, 0) is 4.79 Å². The van der Waals surface area contributed by atoms with Gasteiger partial charge in [-0.2, -0.15) is 0 Å². The molecule has 0 saturated carbocycles. The van der Waals surface area contributed by atoms with Crippen molar-refractivity contribution in [1.82, 2.24) is 4.90 Å². The number of aliphatic hydroxyl groups is 1. The third kappa shape index (κ3) is 2.31. The van der Waals surface area contributed by atoms with Crippen molar-refractivity contribution in [1.29, 1.82) is 0 Å². The Kier molecular flexibility index (Phi) is 3.06. The average molecular weight is 217 g/mol. The second-order valence-electron chi connectivity index (χ2n) is 4.10. The number of rotatable bonds is 2. The van der Waals surface area contributed by atoms with Crippen molar-refractivity contribution in [2.45, 2.75) is 13.0 Å². The van der Waals surface area contributed by atoms with E-state index in [0.29, 0.717) is 18.7 Å². The highest BCUT2D eigenvalue weighted by Crippen LogP contribution is 2.14. The van der Waals surface area contributed by atoms with Gasteiger partial charge in [0, 0.05) is 18.7 Å². The zero-order chi connectivity index (χ0) is 11.5. The van der Waals surface area contributed by atoms with Crippen molar-refractivity contribution in [3.8, 4) is 0 Å². The maximum atomic E-state index is 11.8. The highest BCUT2D eigenvalue weighted by molar-refractivity contribution is 5.97. The summed E-state index contributed by atoms with van der Waals surface area (Å²) in [5.41, 5.74) is 1.73. The molecule has 0 aliphatic carbocycles. The lowest BCUT2D eigenvalue weighted by Gasteiger charge is -2.36. The molecule has 1 heterocycles. The van der Waals surface area contributed by atoms with E-state index in [1.807, 2.05) is 36.4 Å². The molecule has 84 valence electrons. The Morgan fingerprint density at radius 2 is 2.00 bits per heavy atom. The van der Waals surface area contributed by atoms with Crippen LogP contribution in [0.5, 0.6) is 0 Å². The van der Waals surface area contributed by atoms with Crippen molar-refractivity contribution < 1.29 is 9.90 Å². The van der Waals surface area contributed by atoms with Gasteiger partial charge in [-0.15, -0.1) is 0 Å². The lowest BCUT2D eigenvalue weighted by molar-refractivity contribution is -0.136. The minimum atomic E-state index is -0.339. The summed E-state index contributed by atoms with van der Waals surface area (Å²) in [5.74, 6) is 0.00848. The summed E-state index contributed by atoms with van der Waals surface area (Å²) >= 11 is 0. The molecule has 2 rings (SSSR count). The van der Waals surface area contributed by atoms with Gasteiger partial charge in [-0.3, -0.25) is 4.79 Å². The summed E-state index contributed by atoms with van der Waals surface area (Å²) in [6.07, 6.45) is 1.53. The Balaban J connectivity index is 2.04. The molecule has 1 aromatic carbocycles. The topological polar surface area (TPSA) is 40.5 Å². The molecule has 3 heteroatoms. The predicted octanol–water partition coefficient (Wildman–Crippen LogP) is 1.29. The van der Waals surface area contributed by atoms with E-state index in [2.05, 4.69) is 0 Å². The second kappa shape index (κ2) is 4.49. The highest BCUT2D eigenvalue weighted by atomic mass is 16.3. The van der Waals surface area contributed by atoms with Crippen molar-refractivity contribution in [3.05, 3.63) is 41.5 Å².